The molecule has 2 heterocycles. The molecule has 0 bridgehead atoms. The summed E-state index contributed by atoms with van der Waals surface area (Å²) in [5.74, 6) is 0.622. The zero-order valence-electron chi connectivity index (χ0n) is 9.53. The molecule has 1 aromatic heterocycles. The van der Waals surface area contributed by atoms with Crippen LogP contribution in [0.25, 0.3) is 0 Å². The molecule has 82 valence electrons. The highest BCUT2D eigenvalue weighted by Crippen LogP contribution is 2.32. The maximum Gasteiger partial charge on any atom is 0.123 e. The molecule has 0 saturated carbocycles. The third-order valence-electron chi connectivity index (χ3n) is 3.28. The molecule has 1 saturated heterocycles. The van der Waals surface area contributed by atoms with E-state index in [0.29, 0.717) is 11.9 Å². The topological polar surface area (TPSA) is 42.1 Å². The van der Waals surface area contributed by atoms with Gasteiger partial charge >= 0.3 is 0 Å². The molecule has 3 heteroatoms. The first kappa shape index (κ1) is 10.4. The molecule has 0 aliphatic carbocycles. The number of hydrogen-bond donors (Lipinski definition) is 1. The largest absolute Gasteiger partial charge is 0.384 e. The van der Waals surface area contributed by atoms with Crippen LogP contribution in [0.4, 0.5) is 5.82 Å². The molecule has 1 aliphatic rings. The van der Waals surface area contributed by atoms with E-state index < -0.39 is 0 Å². The summed E-state index contributed by atoms with van der Waals surface area (Å²) < 4.78 is 0. The summed E-state index contributed by atoms with van der Waals surface area (Å²) in [6.07, 6.45) is 2.54. The van der Waals surface area contributed by atoms with Crippen molar-refractivity contribution in [2.24, 2.45) is 0 Å². The number of aryl methyl sites for hydroxylation is 1. The van der Waals surface area contributed by atoms with Gasteiger partial charge < -0.3 is 5.73 Å². The van der Waals surface area contributed by atoms with Crippen LogP contribution in [-0.2, 0) is 0 Å². The van der Waals surface area contributed by atoms with E-state index in [4.69, 9.17) is 5.73 Å². The van der Waals surface area contributed by atoms with Gasteiger partial charge in [0.1, 0.15) is 5.82 Å². The lowest BCUT2D eigenvalue weighted by molar-refractivity contribution is 0.270. The van der Waals surface area contributed by atoms with Crippen LogP contribution in [-0.4, -0.2) is 23.0 Å². The Balaban J connectivity index is 2.28. The fourth-order valence-corrected chi connectivity index (χ4v) is 2.50. The molecule has 0 radical (unpaired) electrons. The molecular weight excluding hydrogens is 186 g/mol. The van der Waals surface area contributed by atoms with Crippen molar-refractivity contribution >= 4 is 5.82 Å². The molecule has 1 aromatic rings. The van der Waals surface area contributed by atoms with Crippen molar-refractivity contribution in [2.75, 3.05) is 18.8 Å². The minimum Gasteiger partial charge on any atom is -0.384 e. The van der Waals surface area contributed by atoms with Gasteiger partial charge in [0.25, 0.3) is 0 Å². The van der Waals surface area contributed by atoms with Gasteiger partial charge in [-0.2, -0.15) is 0 Å². The van der Waals surface area contributed by atoms with E-state index in [9.17, 15) is 0 Å². The predicted molar refractivity (Wildman–Crippen MR) is 62.6 cm³/mol. The van der Waals surface area contributed by atoms with Crippen molar-refractivity contribution in [3.05, 3.63) is 23.4 Å². The summed E-state index contributed by atoms with van der Waals surface area (Å²) in [4.78, 5) is 6.85. The predicted octanol–water partition coefficient (Wildman–Crippen LogP) is 2.13. The van der Waals surface area contributed by atoms with Crippen molar-refractivity contribution in [1.29, 1.82) is 0 Å². The summed E-state index contributed by atoms with van der Waals surface area (Å²) in [5.41, 5.74) is 8.10. The summed E-state index contributed by atoms with van der Waals surface area (Å²) in [6, 6.07) is 4.60. The van der Waals surface area contributed by atoms with Crippen LogP contribution in [0.5, 0.6) is 0 Å². The van der Waals surface area contributed by atoms with Gasteiger partial charge in [-0.3, -0.25) is 4.90 Å². The highest BCUT2D eigenvalue weighted by atomic mass is 15.2. The number of likely N-dealkylation sites (tertiary alicyclic amines) is 1. The molecule has 0 unspecified atom stereocenters. The second kappa shape index (κ2) is 4.19. The monoisotopic (exact) mass is 205 g/mol. The maximum absolute atomic E-state index is 5.67. The number of anilines is 1. The minimum absolute atomic E-state index is 0.558. The molecule has 2 rings (SSSR count). The van der Waals surface area contributed by atoms with Gasteiger partial charge in [-0.15, -0.1) is 0 Å². The Morgan fingerprint density at radius 1 is 1.53 bits per heavy atom. The van der Waals surface area contributed by atoms with Gasteiger partial charge in [0.2, 0.25) is 0 Å². The Morgan fingerprint density at radius 2 is 2.33 bits per heavy atom. The van der Waals surface area contributed by atoms with Crippen molar-refractivity contribution in [1.82, 2.24) is 9.88 Å². The van der Waals surface area contributed by atoms with Crippen molar-refractivity contribution < 1.29 is 0 Å². The first-order chi connectivity index (χ1) is 7.22. The van der Waals surface area contributed by atoms with Crippen molar-refractivity contribution in [2.45, 2.75) is 32.7 Å². The van der Waals surface area contributed by atoms with Crippen LogP contribution in [0.3, 0.4) is 0 Å². The van der Waals surface area contributed by atoms with Gasteiger partial charge in [-0.25, -0.2) is 4.98 Å². The Kier molecular flexibility index (Phi) is 2.91. The van der Waals surface area contributed by atoms with Gasteiger partial charge in [-0.05, 0) is 44.5 Å². The summed E-state index contributed by atoms with van der Waals surface area (Å²) in [6.45, 7) is 6.61. The highest BCUT2D eigenvalue weighted by Gasteiger charge is 2.25. The average Bonchev–Trinajstić information content (AvgIpc) is 2.65. The van der Waals surface area contributed by atoms with E-state index in [-0.39, 0.29) is 0 Å². The van der Waals surface area contributed by atoms with Gasteiger partial charge in [0, 0.05) is 11.7 Å². The Bertz CT molecular complexity index is 349. The quantitative estimate of drug-likeness (QED) is 0.804. The summed E-state index contributed by atoms with van der Waals surface area (Å²) >= 11 is 0. The van der Waals surface area contributed by atoms with Crippen molar-refractivity contribution in [3.8, 4) is 0 Å². The van der Waals surface area contributed by atoms with Gasteiger partial charge in [0.15, 0.2) is 0 Å². The van der Waals surface area contributed by atoms with Gasteiger partial charge in [-0.1, -0.05) is 13.0 Å². The molecule has 15 heavy (non-hydrogen) atoms. The molecule has 2 N–H and O–H groups in total. The molecule has 1 fully saturated rings. The van der Waals surface area contributed by atoms with Gasteiger partial charge in [0.05, 0.1) is 0 Å². The number of aromatic nitrogens is 1. The van der Waals surface area contributed by atoms with Crippen LogP contribution >= 0.6 is 0 Å². The minimum atomic E-state index is 0.558. The van der Waals surface area contributed by atoms with E-state index in [1.54, 1.807) is 0 Å². The third kappa shape index (κ3) is 1.97. The molecule has 0 aromatic carbocycles. The standard InChI is InChI=1S/C12H19N3/c1-3-15-8-4-5-11(15)10-6-7-12(13)14-9(10)2/h6-7,11H,3-5,8H2,1-2H3,(H2,13,14)/t11-/m0/s1. The Morgan fingerprint density at radius 3 is 3.00 bits per heavy atom. The molecule has 0 amide bonds. The van der Waals surface area contributed by atoms with E-state index in [0.717, 1.165) is 12.2 Å². The molecule has 0 spiro atoms. The van der Waals surface area contributed by atoms with E-state index in [2.05, 4.69) is 29.8 Å². The van der Waals surface area contributed by atoms with Crippen LogP contribution in [0.15, 0.2) is 12.1 Å². The lowest BCUT2D eigenvalue weighted by Crippen LogP contribution is -2.23. The zero-order chi connectivity index (χ0) is 10.8. The first-order valence-corrected chi connectivity index (χ1v) is 5.69. The highest BCUT2D eigenvalue weighted by molar-refractivity contribution is 5.35. The molecule has 1 aliphatic heterocycles. The Hall–Kier alpha value is -1.09. The maximum atomic E-state index is 5.67. The summed E-state index contributed by atoms with van der Waals surface area (Å²) in [7, 11) is 0. The number of rotatable bonds is 2. The number of nitrogens with zero attached hydrogens (tertiary/aromatic N) is 2. The van der Waals surface area contributed by atoms with E-state index in [1.165, 1.54) is 24.9 Å². The number of hydrogen-bond acceptors (Lipinski definition) is 3. The van der Waals surface area contributed by atoms with E-state index >= 15 is 0 Å². The van der Waals surface area contributed by atoms with Crippen LogP contribution in [0.1, 0.15) is 37.1 Å². The van der Waals surface area contributed by atoms with Crippen LogP contribution in [0.2, 0.25) is 0 Å². The second-order valence-corrected chi connectivity index (χ2v) is 4.20. The smallest absolute Gasteiger partial charge is 0.123 e. The average molecular weight is 205 g/mol. The van der Waals surface area contributed by atoms with Crippen LogP contribution in [0, 0.1) is 6.92 Å². The second-order valence-electron chi connectivity index (χ2n) is 4.20. The molecule has 1 atom stereocenters. The summed E-state index contributed by atoms with van der Waals surface area (Å²) in [5, 5.41) is 0. The molecular formula is C12H19N3. The van der Waals surface area contributed by atoms with E-state index in [1.807, 2.05) is 6.07 Å². The normalized spacial score (nSPS) is 22.1. The fraction of sp³-hybridized carbons (Fsp3) is 0.583. The fourth-order valence-electron chi connectivity index (χ4n) is 2.50. The lowest BCUT2D eigenvalue weighted by atomic mass is 10.0. The Labute approximate surface area is 91.3 Å². The molecule has 3 nitrogen and oxygen atoms in total. The third-order valence-corrected chi connectivity index (χ3v) is 3.28. The van der Waals surface area contributed by atoms with Crippen LogP contribution < -0.4 is 5.73 Å². The lowest BCUT2D eigenvalue weighted by Gasteiger charge is -2.24. The first-order valence-electron chi connectivity index (χ1n) is 5.69. The number of nitrogens with two attached hydrogens (primary N) is 1. The van der Waals surface area contributed by atoms with Crippen molar-refractivity contribution in [3.63, 3.8) is 0 Å². The number of pyridine rings is 1. The SMILES string of the molecule is CCN1CCC[C@H]1c1ccc(N)nc1C. The zero-order valence-corrected chi connectivity index (χ0v) is 9.53. The number of nitrogen functional groups attached to an aromatic ring is 1.